The van der Waals surface area contributed by atoms with Gasteiger partial charge in [-0.25, -0.2) is 0 Å². The van der Waals surface area contributed by atoms with E-state index in [0.29, 0.717) is 12.0 Å². The van der Waals surface area contributed by atoms with Crippen molar-refractivity contribution in [3.05, 3.63) is 11.6 Å². The molecule has 0 radical (unpaired) electrons. The maximum absolute atomic E-state index is 5.57. The van der Waals surface area contributed by atoms with Crippen LogP contribution in [-0.2, 0) is 24.1 Å². The summed E-state index contributed by atoms with van der Waals surface area (Å²) in [5.74, 6) is 3.90. The molecule has 9 heteroatoms. The fraction of sp³-hybridized carbons (Fsp3) is 0.870. The van der Waals surface area contributed by atoms with Crippen molar-refractivity contribution in [3.63, 3.8) is 0 Å². The number of ether oxygens (including phenoxy) is 1. The summed E-state index contributed by atoms with van der Waals surface area (Å²) in [6, 6.07) is 0.518. The molecule has 1 atom stereocenters. The predicted octanol–water partition coefficient (Wildman–Crippen LogP) is 2.86. The molecular weight excluding hydrogens is 517 g/mol. The second-order valence-corrected chi connectivity index (χ2v) is 8.77. The molecule has 0 aliphatic carbocycles. The fourth-order valence-electron chi connectivity index (χ4n) is 4.94. The Morgan fingerprint density at radius 3 is 2.56 bits per heavy atom. The molecule has 1 fully saturated rings. The molecule has 184 valence electrons. The van der Waals surface area contributed by atoms with Crippen molar-refractivity contribution >= 4 is 29.9 Å². The number of aromatic nitrogens is 3. The highest BCUT2D eigenvalue weighted by Crippen LogP contribution is 2.19. The summed E-state index contributed by atoms with van der Waals surface area (Å²) in [6.07, 6.45) is 9.25. The summed E-state index contributed by atoms with van der Waals surface area (Å²) in [7, 11) is 1.86. The Morgan fingerprint density at radius 2 is 1.84 bits per heavy atom. The zero-order chi connectivity index (χ0) is 21.9. The molecule has 2 N–H and O–H groups in total. The first-order chi connectivity index (χ1) is 15.3. The van der Waals surface area contributed by atoms with Crippen molar-refractivity contribution in [2.24, 2.45) is 10.9 Å². The van der Waals surface area contributed by atoms with Crippen molar-refractivity contribution in [1.82, 2.24) is 30.3 Å². The van der Waals surface area contributed by atoms with Gasteiger partial charge in [0.1, 0.15) is 11.6 Å². The topological polar surface area (TPSA) is 79.6 Å². The molecule has 0 saturated carbocycles. The van der Waals surface area contributed by atoms with Gasteiger partial charge in [-0.1, -0.05) is 33.1 Å². The van der Waals surface area contributed by atoms with E-state index in [-0.39, 0.29) is 24.0 Å². The van der Waals surface area contributed by atoms with Crippen LogP contribution in [0.25, 0.3) is 0 Å². The van der Waals surface area contributed by atoms with Crippen molar-refractivity contribution in [1.29, 1.82) is 0 Å². The summed E-state index contributed by atoms with van der Waals surface area (Å²) < 4.78 is 7.92. The van der Waals surface area contributed by atoms with E-state index in [4.69, 9.17) is 4.74 Å². The molecule has 8 nitrogen and oxygen atoms in total. The van der Waals surface area contributed by atoms with Gasteiger partial charge in [-0.3, -0.25) is 9.89 Å². The molecular formula is C23H44IN7O. The van der Waals surface area contributed by atoms with Gasteiger partial charge in [-0.2, -0.15) is 0 Å². The van der Waals surface area contributed by atoms with E-state index in [1.807, 2.05) is 7.05 Å². The Kier molecular flexibility index (Phi) is 12.8. The number of fused-ring (bicyclic) bond motifs is 1. The third-order valence-corrected chi connectivity index (χ3v) is 6.87. The van der Waals surface area contributed by atoms with E-state index in [1.165, 1.54) is 37.9 Å². The number of aryl methyl sites for hydroxylation is 2. The number of hydrogen-bond acceptors (Lipinski definition) is 5. The van der Waals surface area contributed by atoms with Gasteiger partial charge in [-0.05, 0) is 25.2 Å². The number of rotatable bonds is 10. The van der Waals surface area contributed by atoms with Gasteiger partial charge >= 0.3 is 0 Å². The van der Waals surface area contributed by atoms with Crippen LogP contribution in [0.1, 0.15) is 64.0 Å². The second-order valence-electron chi connectivity index (χ2n) is 8.77. The van der Waals surface area contributed by atoms with Crippen LogP contribution in [-0.4, -0.2) is 78.1 Å². The number of hydrogen-bond donors (Lipinski definition) is 2. The van der Waals surface area contributed by atoms with E-state index in [1.54, 1.807) is 0 Å². The number of halogens is 1. The van der Waals surface area contributed by atoms with Crippen LogP contribution < -0.4 is 10.6 Å². The molecule has 2 aliphatic heterocycles. The van der Waals surface area contributed by atoms with E-state index < -0.39 is 0 Å². The standard InChI is InChI=1S/C23H43N7O.HI/c1-4-19(5-2)20(29-14-16-31-17-15-29)18-26-23(24-3)25-12-9-11-22-28-27-21-10-7-6-8-13-30(21)22;/h19-20H,4-18H2,1-3H3,(H2,24,25,26);1H. The lowest BCUT2D eigenvalue weighted by atomic mass is 9.92. The lowest BCUT2D eigenvalue weighted by molar-refractivity contribution is 0.00272. The molecule has 1 aromatic rings. The van der Waals surface area contributed by atoms with Gasteiger partial charge in [0, 0.05) is 58.7 Å². The molecule has 32 heavy (non-hydrogen) atoms. The quantitative estimate of drug-likeness (QED) is 0.198. The van der Waals surface area contributed by atoms with E-state index in [9.17, 15) is 0 Å². The second kappa shape index (κ2) is 15.1. The van der Waals surface area contributed by atoms with Gasteiger partial charge in [0.25, 0.3) is 0 Å². The average Bonchev–Trinajstić information content (AvgIpc) is 3.03. The molecule has 1 unspecified atom stereocenters. The van der Waals surface area contributed by atoms with Crippen LogP contribution in [0.5, 0.6) is 0 Å². The average molecular weight is 562 g/mol. The molecule has 3 rings (SSSR count). The molecule has 3 heterocycles. The highest BCUT2D eigenvalue weighted by Gasteiger charge is 2.27. The minimum absolute atomic E-state index is 0. The Bertz CT molecular complexity index is 671. The van der Waals surface area contributed by atoms with Gasteiger partial charge in [-0.15, -0.1) is 34.2 Å². The first-order valence-corrected chi connectivity index (χ1v) is 12.4. The van der Waals surface area contributed by atoms with E-state index in [2.05, 4.69) is 49.1 Å². The highest BCUT2D eigenvalue weighted by molar-refractivity contribution is 14.0. The number of aliphatic imine (C=N–C) groups is 1. The maximum atomic E-state index is 5.57. The van der Waals surface area contributed by atoms with Gasteiger partial charge in [0.05, 0.1) is 13.2 Å². The van der Waals surface area contributed by atoms with Crippen LogP contribution in [0.3, 0.4) is 0 Å². The molecule has 0 spiro atoms. The zero-order valence-corrected chi connectivity index (χ0v) is 22.6. The molecule has 1 saturated heterocycles. The highest BCUT2D eigenvalue weighted by atomic mass is 127. The van der Waals surface area contributed by atoms with Crippen molar-refractivity contribution in [3.8, 4) is 0 Å². The van der Waals surface area contributed by atoms with Crippen molar-refractivity contribution in [2.45, 2.75) is 77.8 Å². The molecule has 0 aromatic carbocycles. The summed E-state index contributed by atoms with van der Waals surface area (Å²) in [5.41, 5.74) is 0. The minimum atomic E-state index is 0. The lowest BCUT2D eigenvalue weighted by Crippen LogP contribution is -2.53. The lowest BCUT2D eigenvalue weighted by Gasteiger charge is -2.39. The first kappa shape index (κ1) is 27.3. The molecule has 0 amide bonds. The fourth-order valence-corrected chi connectivity index (χ4v) is 4.94. The van der Waals surface area contributed by atoms with E-state index >= 15 is 0 Å². The largest absolute Gasteiger partial charge is 0.379 e. The Morgan fingerprint density at radius 1 is 1.06 bits per heavy atom. The van der Waals surface area contributed by atoms with E-state index in [0.717, 1.165) is 77.0 Å². The van der Waals surface area contributed by atoms with Crippen LogP contribution in [0.4, 0.5) is 0 Å². The van der Waals surface area contributed by atoms with Gasteiger partial charge < -0.3 is 19.9 Å². The van der Waals surface area contributed by atoms with Crippen LogP contribution in [0.15, 0.2) is 4.99 Å². The minimum Gasteiger partial charge on any atom is -0.379 e. The smallest absolute Gasteiger partial charge is 0.191 e. The maximum Gasteiger partial charge on any atom is 0.191 e. The number of nitrogens with one attached hydrogen (secondary N) is 2. The van der Waals surface area contributed by atoms with Crippen LogP contribution >= 0.6 is 24.0 Å². The van der Waals surface area contributed by atoms with Gasteiger partial charge in [0.2, 0.25) is 0 Å². The molecule has 1 aromatic heterocycles. The molecule has 2 aliphatic rings. The normalized spacial score (nSPS) is 18.6. The van der Waals surface area contributed by atoms with Crippen molar-refractivity contribution in [2.75, 3.05) is 46.4 Å². The summed E-state index contributed by atoms with van der Waals surface area (Å²) >= 11 is 0. The SMILES string of the molecule is CCC(CC)C(CNC(=NC)NCCCc1nnc2n1CCCCC2)N1CCOCC1.I. The third-order valence-electron chi connectivity index (χ3n) is 6.87. The van der Waals surface area contributed by atoms with Crippen LogP contribution in [0.2, 0.25) is 0 Å². The number of morpholine rings is 1. The molecule has 0 bridgehead atoms. The predicted molar refractivity (Wildman–Crippen MR) is 141 cm³/mol. The third kappa shape index (κ3) is 7.83. The van der Waals surface area contributed by atoms with Crippen molar-refractivity contribution < 1.29 is 4.74 Å². The van der Waals surface area contributed by atoms with Crippen LogP contribution in [0, 0.1) is 5.92 Å². The number of nitrogens with zero attached hydrogens (tertiary/aromatic N) is 5. The summed E-state index contributed by atoms with van der Waals surface area (Å²) in [6.45, 7) is 11.2. The monoisotopic (exact) mass is 561 g/mol. The zero-order valence-electron chi connectivity index (χ0n) is 20.3. The number of guanidine groups is 1. The summed E-state index contributed by atoms with van der Waals surface area (Å²) in [5, 5.41) is 16.0. The summed E-state index contributed by atoms with van der Waals surface area (Å²) in [4.78, 5) is 7.05. The Labute approximate surface area is 211 Å². The Balaban J connectivity index is 0.00000363. The first-order valence-electron chi connectivity index (χ1n) is 12.4. The van der Waals surface area contributed by atoms with Gasteiger partial charge in [0.15, 0.2) is 5.96 Å². The Hall–Kier alpha value is -0.940.